The standard InChI is InChI=1S/C16H14BrClN2O3/c1-9-3-4-11(13(18)5-9)16(22)20-19-8-10-6-12(17)15(21)14(7-10)23-2/h3-8,21H,1-2H3,(H,20,22)/b19-8-. The molecule has 5 nitrogen and oxygen atoms in total. The highest BCUT2D eigenvalue weighted by Gasteiger charge is 2.10. The van der Waals surface area contributed by atoms with E-state index in [9.17, 15) is 9.90 Å². The summed E-state index contributed by atoms with van der Waals surface area (Å²) < 4.78 is 5.51. The van der Waals surface area contributed by atoms with Crippen molar-refractivity contribution in [2.75, 3.05) is 7.11 Å². The Morgan fingerprint density at radius 2 is 2.13 bits per heavy atom. The summed E-state index contributed by atoms with van der Waals surface area (Å²) in [7, 11) is 1.45. The van der Waals surface area contributed by atoms with Crippen molar-refractivity contribution in [3.63, 3.8) is 0 Å². The molecule has 2 aromatic carbocycles. The Morgan fingerprint density at radius 1 is 1.39 bits per heavy atom. The predicted molar refractivity (Wildman–Crippen MR) is 93.6 cm³/mol. The second-order valence-electron chi connectivity index (χ2n) is 4.74. The fourth-order valence-electron chi connectivity index (χ4n) is 1.85. The molecule has 0 radical (unpaired) electrons. The van der Waals surface area contributed by atoms with Crippen LogP contribution in [0.15, 0.2) is 39.9 Å². The van der Waals surface area contributed by atoms with E-state index in [0.717, 1.165) is 5.56 Å². The monoisotopic (exact) mass is 396 g/mol. The van der Waals surface area contributed by atoms with Gasteiger partial charge in [0.25, 0.3) is 5.91 Å². The van der Waals surface area contributed by atoms with E-state index in [4.69, 9.17) is 16.3 Å². The molecular formula is C16H14BrClN2O3. The van der Waals surface area contributed by atoms with E-state index in [0.29, 0.717) is 26.4 Å². The molecule has 0 atom stereocenters. The van der Waals surface area contributed by atoms with E-state index in [2.05, 4.69) is 26.5 Å². The van der Waals surface area contributed by atoms with Gasteiger partial charge in [-0.25, -0.2) is 5.43 Å². The molecule has 1 amide bonds. The lowest BCUT2D eigenvalue weighted by Gasteiger charge is -2.06. The maximum absolute atomic E-state index is 12.0. The summed E-state index contributed by atoms with van der Waals surface area (Å²) in [5.74, 6) is -0.107. The lowest BCUT2D eigenvalue weighted by molar-refractivity contribution is 0.0955. The Labute approximate surface area is 147 Å². The molecule has 2 rings (SSSR count). The molecule has 0 saturated carbocycles. The number of methoxy groups -OCH3 is 1. The van der Waals surface area contributed by atoms with Crippen LogP contribution in [0.3, 0.4) is 0 Å². The van der Waals surface area contributed by atoms with Gasteiger partial charge in [-0.2, -0.15) is 5.10 Å². The number of hydrogen-bond donors (Lipinski definition) is 2. The van der Waals surface area contributed by atoms with Crippen LogP contribution < -0.4 is 10.2 Å². The quantitative estimate of drug-likeness (QED) is 0.607. The Bertz CT molecular complexity index is 778. The molecule has 0 fully saturated rings. The molecule has 0 spiro atoms. The number of nitrogens with one attached hydrogen (secondary N) is 1. The zero-order valence-electron chi connectivity index (χ0n) is 12.4. The van der Waals surface area contributed by atoms with Crippen molar-refractivity contribution in [3.8, 4) is 11.5 Å². The van der Waals surface area contributed by atoms with Crippen molar-refractivity contribution in [2.45, 2.75) is 6.92 Å². The largest absolute Gasteiger partial charge is 0.503 e. The van der Waals surface area contributed by atoms with Crippen molar-refractivity contribution in [1.82, 2.24) is 5.43 Å². The van der Waals surface area contributed by atoms with Crippen LogP contribution in [0.1, 0.15) is 21.5 Å². The van der Waals surface area contributed by atoms with Gasteiger partial charge in [-0.05, 0) is 58.2 Å². The molecule has 0 aromatic heterocycles. The van der Waals surface area contributed by atoms with Gasteiger partial charge in [0, 0.05) is 0 Å². The van der Waals surface area contributed by atoms with Crippen LogP contribution in [-0.4, -0.2) is 24.3 Å². The smallest absolute Gasteiger partial charge is 0.272 e. The average Bonchev–Trinajstić information content (AvgIpc) is 2.50. The van der Waals surface area contributed by atoms with Gasteiger partial charge in [0.15, 0.2) is 11.5 Å². The maximum Gasteiger partial charge on any atom is 0.272 e. The normalized spacial score (nSPS) is 10.8. The van der Waals surface area contributed by atoms with E-state index in [-0.39, 0.29) is 5.75 Å². The summed E-state index contributed by atoms with van der Waals surface area (Å²) in [4.78, 5) is 12.0. The minimum absolute atomic E-state index is 0.000114. The zero-order chi connectivity index (χ0) is 17.0. The number of hydrazone groups is 1. The van der Waals surface area contributed by atoms with E-state index < -0.39 is 5.91 Å². The first kappa shape index (κ1) is 17.3. The third-order valence-corrected chi connectivity index (χ3v) is 3.94. The molecule has 0 unspecified atom stereocenters. The molecule has 0 aliphatic carbocycles. The molecule has 0 saturated heterocycles. The van der Waals surface area contributed by atoms with Gasteiger partial charge in [-0.1, -0.05) is 17.7 Å². The third kappa shape index (κ3) is 4.24. The molecule has 23 heavy (non-hydrogen) atoms. The van der Waals surface area contributed by atoms with Crippen LogP contribution in [0.5, 0.6) is 11.5 Å². The van der Waals surface area contributed by atoms with E-state index in [1.807, 2.05) is 6.92 Å². The first-order valence-corrected chi connectivity index (χ1v) is 7.75. The average molecular weight is 398 g/mol. The SMILES string of the molecule is COc1cc(/C=N\NC(=O)c2ccc(C)cc2Cl)cc(Br)c1O. The number of phenolic OH excluding ortho intramolecular Hbond substituents is 1. The highest BCUT2D eigenvalue weighted by molar-refractivity contribution is 9.10. The van der Waals surface area contributed by atoms with Crippen molar-refractivity contribution in [1.29, 1.82) is 0 Å². The van der Waals surface area contributed by atoms with Gasteiger partial charge >= 0.3 is 0 Å². The Kier molecular flexibility index (Phi) is 5.63. The predicted octanol–water partition coefficient (Wildman–Crippen LogP) is 3.89. The van der Waals surface area contributed by atoms with Crippen LogP contribution >= 0.6 is 27.5 Å². The number of nitrogens with zero attached hydrogens (tertiary/aromatic N) is 1. The first-order valence-electron chi connectivity index (χ1n) is 6.58. The van der Waals surface area contributed by atoms with Crippen molar-refractivity contribution >= 4 is 39.7 Å². The van der Waals surface area contributed by atoms with E-state index in [1.165, 1.54) is 13.3 Å². The number of aryl methyl sites for hydroxylation is 1. The van der Waals surface area contributed by atoms with Crippen LogP contribution in [0, 0.1) is 6.92 Å². The second kappa shape index (κ2) is 7.48. The number of rotatable bonds is 4. The summed E-state index contributed by atoms with van der Waals surface area (Å²) in [6, 6.07) is 8.39. The minimum Gasteiger partial charge on any atom is -0.503 e. The van der Waals surface area contributed by atoms with Gasteiger partial charge in [0.1, 0.15) is 0 Å². The number of aromatic hydroxyl groups is 1. The number of hydrogen-bond acceptors (Lipinski definition) is 4. The Hall–Kier alpha value is -2.05. The number of phenols is 1. The minimum atomic E-state index is -0.406. The van der Waals surface area contributed by atoms with Gasteiger partial charge in [-0.15, -0.1) is 0 Å². The molecule has 0 aliphatic rings. The van der Waals surface area contributed by atoms with Crippen molar-refractivity contribution in [3.05, 3.63) is 56.5 Å². The molecule has 2 aromatic rings. The highest BCUT2D eigenvalue weighted by atomic mass is 79.9. The van der Waals surface area contributed by atoms with Crippen LogP contribution in [0.2, 0.25) is 5.02 Å². The van der Waals surface area contributed by atoms with Gasteiger partial charge < -0.3 is 9.84 Å². The summed E-state index contributed by atoms with van der Waals surface area (Å²) in [5, 5.41) is 14.0. The lowest BCUT2D eigenvalue weighted by atomic mass is 10.1. The zero-order valence-corrected chi connectivity index (χ0v) is 14.8. The molecule has 0 bridgehead atoms. The Morgan fingerprint density at radius 3 is 2.78 bits per heavy atom. The van der Waals surface area contributed by atoms with Crippen molar-refractivity contribution < 1.29 is 14.6 Å². The van der Waals surface area contributed by atoms with Crippen LogP contribution in [-0.2, 0) is 0 Å². The van der Waals surface area contributed by atoms with E-state index >= 15 is 0 Å². The first-order chi connectivity index (χ1) is 10.9. The molecule has 0 heterocycles. The van der Waals surface area contributed by atoms with Crippen LogP contribution in [0.25, 0.3) is 0 Å². The molecule has 2 N–H and O–H groups in total. The summed E-state index contributed by atoms with van der Waals surface area (Å²) in [5.41, 5.74) is 4.36. The fraction of sp³-hybridized carbons (Fsp3) is 0.125. The molecular weight excluding hydrogens is 384 g/mol. The number of amides is 1. The van der Waals surface area contributed by atoms with Gasteiger partial charge in [0.05, 0.1) is 28.4 Å². The number of ether oxygens (including phenoxy) is 1. The Balaban J connectivity index is 2.12. The van der Waals surface area contributed by atoms with Crippen molar-refractivity contribution in [2.24, 2.45) is 5.10 Å². The highest BCUT2D eigenvalue weighted by Crippen LogP contribution is 2.34. The van der Waals surface area contributed by atoms with Crippen LogP contribution in [0.4, 0.5) is 0 Å². The maximum atomic E-state index is 12.0. The summed E-state index contributed by atoms with van der Waals surface area (Å²) in [6.07, 6.45) is 1.44. The molecule has 0 aliphatic heterocycles. The number of carbonyl (C=O) groups excluding carboxylic acids is 1. The molecule has 7 heteroatoms. The number of benzene rings is 2. The summed E-state index contributed by atoms with van der Waals surface area (Å²) >= 11 is 9.25. The number of halogens is 2. The topological polar surface area (TPSA) is 70.9 Å². The third-order valence-electron chi connectivity index (χ3n) is 3.02. The van der Waals surface area contributed by atoms with Gasteiger partial charge in [-0.3, -0.25) is 4.79 Å². The lowest BCUT2D eigenvalue weighted by Crippen LogP contribution is -2.18. The van der Waals surface area contributed by atoms with Gasteiger partial charge in [0.2, 0.25) is 0 Å². The molecule has 120 valence electrons. The van der Waals surface area contributed by atoms with E-state index in [1.54, 1.807) is 30.3 Å². The number of carbonyl (C=O) groups is 1. The summed E-state index contributed by atoms with van der Waals surface area (Å²) in [6.45, 7) is 1.89. The fourth-order valence-corrected chi connectivity index (χ4v) is 2.63. The second-order valence-corrected chi connectivity index (χ2v) is 6.00.